The molecule has 0 saturated heterocycles. The van der Waals surface area contributed by atoms with Crippen LogP contribution in [-0.2, 0) is 22.4 Å². The van der Waals surface area contributed by atoms with E-state index < -0.39 is 0 Å². The van der Waals surface area contributed by atoms with E-state index in [-0.39, 0.29) is 73.8 Å². The Bertz CT molecular complexity index is 12.8. The molecule has 0 atom stereocenters. The van der Waals surface area contributed by atoms with Crippen LogP contribution in [-0.4, -0.2) is 51.4 Å². The molecule has 0 aromatic heterocycles. The minimum atomic E-state index is 0. The van der Waals surface area contributed by atoms with Crippen molar-refractivity contribution in [2.45, 2.75) is 0 Å². The van der Waals surface area contributed by atoms with Crippen molar-refractivity contribution >= 4 is 51.4 Å². The second-order valence-electron chi connectivity index (χ2n) is 0. The first-order valence-electron chi connectivity index (χ1n) is 0.258. The zero-order chi connectivity index (χ0) is 2.00. The Hall–Kier alpha value is 1.87. The van der Waals surface area contributed by atoms with Gasteiger partial charge in [-0.15, -0.1) is 0 Å². The van der Waals surface area contributed by atoms with E-state index in [0.717, 1.165) is 0 Å². The van der Waals surface area contributed by atoms with Gasteiger partial charge in [-0.05, 0) is 0 Å². The van der Waals surface area contributed by atoms with Gasteiger partial charge >= 0.3 is 51.4 Å². The number of nitrogens with zero attached hydrogens (tertiary/aromatic N) is 1. The van der Waals surface area contributed by atoms with Gasteiger partial charge in [0.1, 0.15) is 0 Å². The van der Waals surface area contributed by atoms with Crippen molar-refractivity contribution in [2.75, 3.05) is 0 Å². The van der Waals surface area contributed by atoms with E-state index in [4.69, 9.17) is 5.26 Å². The second-order valence-corrected chi connectivity index (χ2v) is 0. The average Bonchev–Trinajstić information content (AvgIpc) is 1.00. The van der Waals surface area contributed by atoms with Gasteiger partial charge in [-0.25, -0.2) is 5.26 Å². The van der Waals surface area contributed by atoms with Crippen molar-refractivity contribution in [2.24, 2.45) is 0 Å². The van der Waals surface area contributed by atoms with Crippen LogP contribution in [0.2, 0.25) is 0 Å². The molecule has 0 aliphatic carbocycles. The molecule has 0 rings (SSSR count). The van der Waals surface area contributed by atoms with Gasteiger partial charge in [-0.3, -0.25) is 0 Å². The fourth-order valence-corrected chi connectivity index (χ4v) is 0. The summed E-state index contributed by atoms with van der Waals surface area (Å²) in [4.78, 5) is 0. The molecule has 1 radical (unpaired) electrons. The molecule has 0 aromatic rings. The fraction of sp³-hybridized carbons (Fsp3) is 0. The van der Waals surface area contributed by atoms with E-state index in [1.807, 2.05) is 0 Å². The summed E-state index contributed by atoms with van der Waals surface area (Å²) in [5.41, 5.74) is 0. The topological polar surface area (TPSA) is 23.8 Å². The van der Waals surface area contributed by atoms with Crippen LogP contribution < -0.4 is 0 Å². The molecule has 3 heteroatoms. The summed E-state index contributed by atoms with van der Waals surface area (Å²) in [6.45, 7) is 3.50. The van der Waals surface area contributed by atoms with Gasteiger partial charge in [0.15, 0.2) is 0 Å². The van der Waals surface area contributed by atoms with E-state index in [1.54, 1.807) is 0 Å². The number of hydrogen-bond acceptors (Lipinski definition) is 1. The van der Waals surface area contributed by atoms with Crippen molar-refractivity contribution in [1.29, 1.82) is 5.26 Å². The maximum absolute atomic E-state index is 6.50. The molecule has 0 spiro atoms. The Labute approximate surface area is 83.7 Å². The van der Waals surface area contributed by atoms with Crippen LogP contribution >= 0.6 is 0 Å². The molecule has 0 amide bonds. The number of hydrogen-bond donors (Lipinski definition) is 0. The van der Waals surface area contributed by atoms with Gasteiger partial charge < -0.3 is 0 Å². The summed E-state index contributed by atoms with van der Waals surface area (Å²) >= 11 is 0. The second kappa shape index (κ2) is 20.9. The molecule has 0 aliphatic heterocycles. The Morgan fingerprint density at radius 3 is 1.25 bits per heavy atom. The molecule has 0 fully saturated rings. The molecule has 0 aliphatic rings. The predicted octanol–water partition coefficient (Wildman–Crippen LogP) is -0.511. The molecule has 0 aromatic carbocycles. The molecule has 4 heavy (non-hydrogen) atoms. The maximum atomic E-state index is 6.50. The minimum absolute atomic E-state index is 0. The third-order valence-corrected chi connectivity index (χ3v) is 0. The Kier molecular flexibility index (Phi) is 88.3. The molecule has 0 N–H and O–H groups in total. The molecule has 23 valence electrons. The average molecular weight is 175 g/mol. The van der Waals surface area contributed by atoms with Crippen molar-refractivity contribution in [3.63, 3.8) is 0 Å². The van der Waals surface area contributed by atoms with Gasteiger partial charge in [0.25, 0.3) is 0 Å². The summed E-state index contributed by atoms with van der Waals surface area (Å²) in [5, 5.41) is 6.50. The molecule has 0 saturated carbocycles. The van der Waals surface area contributed by atoms with E-state index in [9.17, 15) is 0 Å². The van der Waals surface area contributed by atoms with Crippen LogP contribution in [0.15, 0.2) is 0 Å². The Balaban J connectivity index is -0.00000000500. The normalized spacial score (nSPS) is 0.500. The SMILES string of the molecule is C#N.[Ag].[KH]. The summed E-state index contributed by atoms with van der Waals surface area (Å²) < 4.78 is 0. The molecule has 0 heterocycles. The van der Waals surface area contributed by atoms with Crippen LogP contribution in [0.1, 0.15) is 0 Å². The molecule has 1 nitrogen and oxygen atoms in total. The van der Waals surface area contributed by atoms with Crippen LogP contribution in [0.25, 0.3) is 0 Å². The van der Waals surface area contributed by atoms with E-state index in [2.05, 4.69) is 6.57 Å². The standard InChI is InChI=1S/CHN.Ag.K.H/c1-2;;;/h1H;;;. The summed E-state index contributed by atoms with van der Waals surface area (Å²) in [7, 11) is 0. The Morgan fingerprint density at radius 1 is 1.25 bits per heavy atom. The molecule has 0 bridgehead atoms. The van der Waals surface area contributed by atoms with Crippen LogP contribution in [0, 0.1) is 11.8 Å². The first kappa shape index (κ1) is 16.9. The summed E-state index contributed by atoms with van der Waals surface area (Å²) in [6, 6.07) is 0. The van der Waals surface area contributed by atoms with Crippen molar-refractivity contribution in [3.8, 4) is 6.57 Å². The van der Waals surface area contributed by atoms with Crippen LogP contribution in [0.5, 0.6) is 0 Å². The van der Waals surface area contributed by atoms with Crippen LogP contribution in [0.3, 0.4) is 0 Å². The van der Waals surface area contributed by atoms with Gasteiger partial charge in [-0.2, -0.15) is 0 Å². The first-order valence-corrected chi connectivity index (χ1v) is 0.258. The zero-order valence-corrected chi connectivity index (χ0v) is 2.81. The van der Waals surface area contributed by atoms with Crippen LogP contribution in [0.4, 0.5) is 0 Å². The van der Waals surface area contributed by atoms with E-state index in [1.165, 1.54) is 0 Å². The van der Waals surface area contributed by atoms with E-state index in [0.29, 0.717) is 0 Å². The fourth-order valence-electron chi connectivity index (χ4n) is 0. The monoisotopic (exact) mass is 174 g/mol. The van der Waals surface area contributed by atoms with Gasteiger partial charge in [-0.1, -0.05) is 0 Å². The van der Waals surface area contributed by atoms with Gasteiger partial charge in [0.05, 0.1) is 0 Å². The first-order chi connectivity index (χ1) is 1.00. The summed E-state index contributed by atoms with van der Waals surface area (Å²) in [6.07, 6.45) is 0. The third-order valence-electron chi connectivity index (χ3n) is 0. The zero-order valence-electron chi connectivity index (χ0n) is 1.33. The predicted molar refractivity (Wildman–Crippen MR) is 13.8 cm³/mol. The number of nitriles is 1. The van der Waals surface area contributed by atoms with Gasteiger partial charge in [0, 0.05) is 29.0 Å². The van der Waals surface area contributed by atoms with Crippen molar-refractivity contribution in [3.05, 3.63) is 0 Å². The molecule has 0 unspecified atom stereocenters. The quantitative estimate of drug-likeness (QED) is 0.455. The number of rotatable bonds is 0. The summed E-state index contributed by atoms with van der Waals surface area (Å²) in [5.74, 6) is 0. The molecular formula is CH2AgKN. The molecular weight excluding hydrogens is 173 g/mol. The third kappa shape index (κ3) is 9.12. The van der Waals surface area contributed by atoms with Gasteiger partial charge in [0.2, 0.25) is 0 Å². The Morgan fingerprint density at radius 2 is 1.25 bits per heavy atom. The van der Waals surface area contributed by atoms with Crippen molar-refractivity contribution < 1.29 is 22.4 Å². The van der Waals surface area contributed by atoms with Crippen molar-refractivity contribution in [1.82, 2.24) is 0 Å². The van der Waals surface area contributed by atoms with E-state index >= 15 is 0 Å².